The number of benzene rings is 2. The van der Waals surface area contributed by atoms with E-state index in [9.17, 15) is 14.9 Å². The van der Waals surface area contributed by atoms with E-state index in [0.29, 0.717) is 11.6 Å². The summed E-state index contributed by atoms with van der Waals surface area (Å²) >= 11 is 5.78. The maximum absolute atomic E-state index is 12.4. The topological polar surface area (TPSA) is 72.2 Å². The van der Waals surface area contributed by atoms with Gasteiger partial charge in [-0.3, -0.25) is 14.9 Å². The van der Waals surface area contributed by atoms with Crippen molar-refractivity contribution in [3.05, 3.63) is 68.7 Å². The Bertz CT molecular complexity index is 773. The molecule has 0 saturated heterocycles. The van der Waals surface area contributed by atoms with Crippen LogP contribution in [0, 0.1) is 16.0 Å². The third-order valence-electron chi connectivity index (χ3n) is 3.93. The van der Waals surface area contributed by atoms with E-state index < -0.39 is 4.92 Å². The fraction of sp³-hybridized carbons (Fsp3) is 0.316. The van der Waals surface area contributed by atoms with Crippen molar-refractivity contribution >= 4 is 28.9 Å². The molecule has 0 radical (unpaired) electrons. The Morgan fingerprint density at radius 3 is 2.36 bits per heavy atom. The summed E-state index contributed by atoms with van der Waals surface area (Å²) in [6.45, 7) is 6.13. The number of carbonyl (C=O) groups is 1. The minimum atomic E-state index is -0.575. The van der Waals surface area contributed by atoms with Crippen molar-refractivity contribution in [3.8, 4) is 0 Å². The van der Waals surface area contributed by atoms with Gasteiger partial charge in [0.15, 0.2) is 0 Å². The van der Waals surface area contributed by atoms with E-state index in [4.69, 9.17) is 11.6 Å². The van der Waals surface area contributed by atoms with Crippen LogP contribution in [0.3, 0.4) is 0 Å². The molecule has 2 aromatic rings. The highest BCUT2D eigenvalue weighted by Gasteiger charge is 2.18. The van der Waals surface area contributed by atoms with Crippen LogP contribution in [0.1, 0.15) is 37.8 Å². The van der Waals surface area contributed by atoms with Crippen molar-refractivity contribution in [1.29, 1.82) is 0 Å². The maximum Gasteiger partial charge on any atom is 0.289 e. The number of anilines is 1. The predicted molar refractivity (Wildman–Crippen MR) is 100 cm³/mol. The van der Waals surface area contributed by atoms with Crippen LogP contribution in [0.2, 0.25) is 5.02 Å². The summed E-state index contributed by atoms with van der Waals surface area (Å²) in [6.07, 6.45) is 0.995. The summed E-state index contributed by atoms with van der Waals surface area (Å²) in [6, 6.07) is 12.2. The van der Waals surface area contributed by atoms with E-state index in [-0.39, 0.29) is 22.5 Å². The molecule has 0 aliphatic carbocycles. The van der Waals surface area contributed by atoms with Gasteiger partial charge in [0.1, 0.15) is 5.02 Å². The normalized spacial score (nSPS) is 12.0. The largest absolute Gasteiger partial charge is 0.325 e. The SMILES string of the molecule is CC(C)Cc1ccc(C(C)C(=O)Nc2ccc(Cl)c([N+](=O)[O-])c2)cc1. The van der Waals surface area contributed by atoms with E-state index in [2.05, 4.69) is 19.2 Å². The highest BCUT2D eigenvalue weighted by Crippen LogP contribution is 2.28. The molecule has 0 aliphatic heterocycles. The molecule has 2 aromatic carbocycles. The van der Waals surface area contributed by atoms with Gasteiger partial charge < -0.3 is 5.32 Å². The molecular weight excluding hydrogens is 340 g/mol. The lowest BCUT2D eigenvalue weighted by Crippen LogP contribution is -2.19. The Labute approximate surface area is 152 Å². The average molecular weight is 361 g/mol. The first-order valence-corrected chi connectivity index (χ1v) is 8.49. The summed E-state index contributed by atoms with van der Waals surface area (Å²) in [7, 11) is 0. The Balaban J connectivity index is 2.10. The van der Waals surface area contributed by atoms with E-state index in [0.717, 1.165) is 12.0 Å². The van der Waals surface area contributed by atoms with Crippen LogP contribution in [-0.2, 0) is 11.2 Å². The van der Waals surface area contributed by atoms with Crippen LogP contribution in [0.5, 0.6) is 0 Å². The van der Waals surface area contributed by atoms with Gasteiger partial charge in [-0.05, 0) is 42.5 Å². The van der Waals surface area contributed by atoms with Gasteiger partial charge in [-0.1, -0.05) is 49.7 Å². The quantitative estimate of drug-likeness (QED) is 0.569. The third-order valence-corrected chi connectivity index (χ3v) is 4.25. The molecule has 1 N–H and O–H groups in total. The molecule has 0 spiro atoms. The first kappa shape index (κ1) is 18.9. The molecule has 132 valence electrons. The standard InChI is InChI=1S/C19H21ClN2O3/c1-12(2)10-14-4-6-15(7-5-14)13(3)19(23)21-16-8-9-17(20)18(11-16)22(24)25/h4-9,11-13H,10H2,1-3H3,(H,21,23). The highest BCUT2D eigenvalue weighted by atomic mass is 35.5. The zero-order valence-electron chi connectivity index (χ0n) is 14.5. The second-order valence-electron chi connectivity index (χ2n) is 6.47. The van der Waals surface area contributed by atoms with Crippen LogP contribution < -0.4 is 5.32 Å². The van der Waals surface area contributed by atoms with Gasteiger partial charge in [-0.2, -0.15) is 0 Å². The molecule has 2 rings (SSSR count). The average Bonchev–Trinajstić information content (AvgIpc) is 2.55. The van der Waals surface area contributed by atoms with Gasteiger partial charge in [0.2, 0.25) is 5.91 Å². The van der Waals surface area contributed by atoms with Gasteiger partial charge in [0.05, 0.1) is 10.8 Å². The van der Waals surface area contributed by atoms with E-state index in [1.165, 1.54) is 17.7 Å². The van der Waals surface area contributed by atoms with Crippen LogP contribution in [0.4, 0.5) is 11.4 Å². The first-order chi connectivity index (χ1) is 11.8. The highest BCUT2D eigenvalue weighted by molar-refractivity contribution is 6.32. The number of nitro benzene ring substituents is 1. The number of carbonyl (C=O) groups excluding carboxylic acids is 1. The Morgan fingerprint density at radius 2 is 1.80 bits per heavy atom. The second-order valence-corrected chi connectivity index (χ2v) is 6.88. The number of nitrogens with one attached hydrogen (secondary N) is 1. The number of hydrogen-bond donors (Lipinski definition) is 1. The minimum absolute atomic E-state index is 0.0387. The number of rotatable bonds is 6. The predicted octanol–water partition coefficient (Wildman–Crippen LogP) is 5.19. The first-order valence-electron chi connectivity index (χ1n) is 8.11. The summed E-state index contributed by atoms with van der Waals surface area (Å²) in [5.74, 6) is -0.0247. The lowest BCUT2D eigenvalue weighted by Gasteiger charge is -2.14. The van der Waals surface area contributed by atoms with Gasteiger partial charge in [-0.15, -0.1) is 0 Å². The van der Waals surface area contributed by atoms with Crippen molar-refractivity contribution in [3.63, 3.8) is 0 Å². The van der Waals surface area contributed by atoms with E-state index in [1.807, 2.05) is 24.3 Å². The van der Waals surface area contributed by atoms with Crippen molar-refractivity contribution in [2.75, 3.05) is 5.32 Å². The molecule has 0 heterocycles. The van der Waals surface area contributed by atoms with E-state index >= 15 is 0 Å². The van der Waals surface area contributed by atoms with E-state index in [1.54, 1.807) is 13.0 Å². The molecule has 0 saturated carbocycles. The number of amides is 1. The van der Waals surface area contributed by atoms with Crippen LogP contribution >= 0.6 is 11.6 Å². The molecule has 25 heavy (non-hydrogen) atoms. The molecule has 6 heteroatoms. The number of nitrogens with zero attached hydrogens (tertiary/aromatic N) is 1. The number of halogens is 1. The second kappa shape index (κ2) is 8.12. The lowest BCUT2D eigenvalue weighted by atomic mass is 9.96. The fourth-order valence-electron chi connectivity index (χ4n) is 2.55. The van der Waals surface area contributed by atoms with Gasteiger partial charge in [0.25, 0.3) is 5.69 Å². The molecule has 1 amide bonds. The van der Waals surface area contributed by atoms with Crippen molar-refractivity contribution in [2.24, 2.45) is 5.92 Å². The number of hydrogen-bond acceptors (Lipinski definition) is 3. The molecule has 0 bridgehead atoms. The molecule has 0 aromatic heterocycles. The monoisotopic (exact) mass is 360 g/mol. The van der Waals surface area contributed by atoms with Gasteiger partial charge in [0, 0.05) is 11.8 Å². The van der Waals surface area contributed by atoms with Crippen LogP contribution in [-0.4, -0.2) is 10.8 Å². The zero-order chi connectivity index (χ0) is 18.6. The number of nitro groups is 1. The molecule has 5 nitrogen and oxygen atoms in total. The Morgan fingerprint density at radius 1 is 1.16 bits per heavy atom. The van der Waals surface area contributed by atoms with Crippen molar-refractivity contribution in [2.45, 2.75) is 33.1 Å². The molecule has 0 fully saturated rings. The van der Waals surface area contributed by atoms with Crippen molar-refractivity contribution < 1.29 is 9.72 Å². The fourth-order valence-corrected chi connectivity index (χ4v) is 2.73. The van der Waals surface area contributed by atoms with Gasteiger partial charge >= 0.3 is 0 Å². The molecule has 1 unspecified atom stereocenters. The van der Waals surface area contributed by atoms with Crippen LogP contribution in [0.25, 0.3) is 0 Å². The molecule has 0 aliphatic rings. The smallest absolute Gasteiger partial charge is 0.289 e. The minimum Gasteiger partial charge on any atom is -0.325 e. The summed E-state index contributed by atoms with van der Waals surface area (Å²) in [5, 5.41) is 13.7. The summed E-state index contributed by atoms with van der Waals surface area (Å²) in [4.78, 5) is 22.8. The van der Waals surface area contributed by atoms with Gasteiger partial charge in [-0.25, -0.2) is 0 Å². The summed E-state index contributed by atoms with van der Waals surface area (Å²) in [5.41, 5.74) is 2.25. The molecule has 1 atom stereocenters. The maximum atomic E-state index is 12.4. The molecular formula is C19H21ClN2O3. The van der Waals surface area contributed by atoms with Crippen LogP contribution in [0.15, 0.2) is 42.5 Å². The Kier molecular flexibility index (Phi) is 6.15. The Hall–Kier alpha value is -2.40. The summed E-state index contributed by atoms with van der Waals surface area (Å²) < 4.78 is 0. The lowest BCUT2D eigenvalue weighted by molar-refractivity contribution is -0.384. The zero-order valence-corrected chi connectivity index (χ0v) is 15.2. The van der Waals surface area contributed by atoms with Crippen molar-refractivity contribution in [1.82, 2.24) is 0 Å². The third kappa shape index (κ3) is 5.03.